The number of hydrogen-bond donors (Lipinski definition) is 1. The smallest absolute Gasteiger partial charge is 0.269 e. The Bertz CT molecular complexity index is 554. The number of benzene rings is 1. The molecule has 18 heavy (non-hydrogen) atoms. The minimum absolute atomic E-state index is 0.0825. The zero-order valence-corrected chi connectivity index (χ0v) is 9.83. The van der Waals surface area contributed by atoms with Gasteiger partial charge in [-0.1, -0.05) is 12.1 Å². The van der Waals surface area contributed by atoms with Crippen LogP contribution in [0.15, 0.2) is 36.7 Å². The number of aryl methyl sites for hydroxylation is 1. The molecule has 0 aliphatic rings. The van der Waals surface area contributed by atoms with E-state index in [2.05, 4.69) is 15.3 Å². The molecule has 0 radical (unpaired) electrons. The predicted molar refractivity (Wildman–Crippen MR) is 67.2 cm³/mol. The molecule has 6 heteroatoms. The fourth-order valence-corrected chi connectivity index (χ4v) is 1.44. The van der Waals surface area contributed by atoms with Crippen LogP contribution < -0.4 is 5.32 Å². The minimum atomic E-state index is -0.411. The molecule has 1 N–H and O–H groups in total. The number of aromatic nitrogens is 2. The predicted octanol–water partition coefficient (Wildman–Crippen LogP) is 2.31. The van der Waals surface area contributed by atoms with Crippen LogP contribution in [-0.2, 0) is 6.54 Å². The summed E-state index contributed by atoms with van der Waals surface area (Å²) >= 11 is 0. The molecule has 0 spiro atoms. The van der Waals surface area contributed by atoms with Gasteiger partial charge in [0.25, 0.3) is 5.69 Å². The van der Waals surface area contributed by atoms with Crippen molar-refractivity contribution in [3.63, 3.8) is 0 Å². The van der Waals surface area contributed by atoms with Crippen LogP contribution in [0.4, 0.5) is 11.6 Å². The van der Waals surface area contributed by atoms with Crippen LogP contribution in [-0.4, -0.2) is 14.9 Å². The summed E-state index contributed by atoms with van der Waals surface area (Å²) < 4.78 is 0. The topological polar surface area (TPSA) is 81.0 Å². The third-order valence-corrected chi connectivity index (χ3v) is 2.35. The van der Waals surface area contributed by atoms with E-state index in [-0.39, 0.29) is 5.69 Å². The van der Waals surface area contributed by atoms with Crippen molar-refractivity contribution < 1.29 is 4.92 Å². The molecule has 0 aliphatic carbocycles. The van der Waals surface area contributed by atoms with Crippen molar-refractivity contribution in [2.75, 3.05) is 5.32 Å². The summed E-state index contributed by atoms with van der Waals surface area (Å²) in [6, 6.07) is 6.46. The number of rotatable bonds is 4. The number of non-ortho nitro benzene ring substituents is 1. The molecule has 0 saturated heterocycles. The van der Waals surface area contributed by atoms with Crippen LogP contribution >= 0.6 is 0 Å². The summed E-state index contributed by atoms with van der Waals surface area (Å²) in [5.74, 6) is 0.507. The Kier molecular flexibility index (Phi) is 3.47. The lowest BCUT2D eigenvalue weighted by molar-refractivity contribution is -0.384. The number of nitrogens with one attached hydrogen (secondary N) is 1. The average Bonchev–Trinajstić information content (AvgIpc) is 2.38. The summed E-state index contributed by atoms with van der Waals surface area (Å²) in [4.78, 5) is 18.4. The highest BCUT2D eigenvalue weighted by Crippen LogP contribution is 2.13. The van der Waals surface area contributed by atoms with Crippen molar-refractivity contribution in [2.45, 2.75) is 13.5 Å². The summed E-state index contributed by atoms with van der Waals surface area (Å²) in [6.07, 6.45) is 3.42. The monoisotopic (exact) mass is 244 g/mol. The third kappa shape index (κ3) is 3.00. The van der Waals surface area contributed by atoms with E-state index in [1.807, 2.05) is 13.0 Å². The van der Waals surface area contributed by atoms with Crippen molar-refractivity contribution >= 4 is 11.6 Å². The molecule has 1 heterocycles. The highest BCUT2D eigenvalue weighted by Gasteiger charge is 2.05. The maximum absolute atomic E-state index is 10.6. The number of nitrogens with zero attached hydrogens (tertiary/aromatic N) is 3. The van der Waals surface area contributed by atoms with Crippen LogP contribution in [0.2, 0.25) is 0 Å². The molecule has 6 nitrogen and oxygen atoms in total. The molecule has 0 atom stereocenters. The zero-order chi connectivity index (χ0) is 13.0. The van der Waals surface area contributed by atoms with Crippen molar-refractivity contribution in [3.05, 3.63) is 57.9 Å². The second kappa shape index (κ2) is 5.22. The number of anilines is 1. The van der Waals surface area contributed by atoms with E-state index < -0.39 is 4.92 Å². The van der Waals surface area contributed by atoms with Gasteiger partial charge in [-0.2, -0.15) is 0 Å². The molecule has 0 unspecified atom stereocenters. The Morgan fingerprint density at radius 1 is 1.33 bits per heavy atom. The quantitative estimate of drug-likeness (QED) is 0.659. The second-order valence-electron chi connectivity index (χ2n) is 3.86. The van der Waals surface area contributed by atoms with Gasteiger partial charge in [-0.15, -0.1) is 0 Å². The van der Waals surface area contributed by atoms with E-state index in [1.165, 1.54) is 12.1 Å². The molecule has 0 aliphatic heterocycles. The van der Waals surface area contributed by atoms with Crippen molar-refractivity contribution in [3.8, 4) is 0 Å². The molecular weight excluding hydrogens is 232 g/mol. The highest BCUT2D eigenvalue weighted by molar-refractivity contribution is 5.36. The summed E-state index contributed by atoms with van der Waals surface area (Å²) in [5.41, 5.74) is 1.88. The van der Waals surface area contributed by atoms with Crippen molar-refractivity contribution in [2.24, 2.45) is 0 Å². The van der Waals surface area contributed by atoms with E-state index in [4.69, 9.17) is 0 Å². The van der Waals surface area contributed by atoms with Gasteiger partial charge in [-0.05, 0) is 18.1 Å². The van der Waals surface area contributed by atoms with E-state index in [9.17, 15) is 10.1 Å². The van der Waals surface area contributed by atoms with Gasteiger partial charge < -0.3 is 5.32 Å². The summed E-state index contributed by atoms with van der Waals surface area (Å²) in [5, 5.41) is 13.6. The first kappa shape index (κ1) is 12.0. The first-order valence-electron chi connectivity index (χ1n) is 5.41. The molecular formula is C12H12N4O2. The normalized spacial score (nSPS) is 10.1. The standard InChI is InChI=1S/C12H12N4O2/c1-9-6-13-12(14-7-9)15-8-10-3-2-4-11(5-10)16(17)18/h2-7H,8H2,1H3,(H,13,14,15). The van der Waals surface area contributed by atoms with E-state index in [0.717, 1.165) is 11.1 Å². The van der Waals surface area contributed by atoms with Gasteiger partial charge in [-0.25, -0.2) is 9.97 Å². The zero-order valence-electron chi connectivity index (χ0n) is 9.83. The molecule has 0 fully saturated rings. The van der Waals surface area contributed by atoms with Crippen molar-refractivity contribution in [1.82, 2.24) is 9.97 Å². The lowest BCUT2D eigenvalue weighted by atomic mass is 10.2. The fourth-order valence-electron chi connectivity index (χ4n) is 1.44. The Labute approximate surface area is 104 Å². The Hall–Kier alpha value is -2.50. The van der Waals surface area contributed by atoms with Gasteiger partial charge >= 0.3 is 0 Å². The van der Waals surface area contributed by atoms with Crippen LogP contribution in [0.3, 0.4) is 0 Å². The van der Waals surface area contributed by atoms with Gasteiger partial charge in [0.1, 0.15) is 0 Å². The van der Waals surface area contributed by atoms with E-state index >= 15 is 0 Å². The Morgan fingerprint density at radius 3 is 2.72 bits per heavy atom. The van der Waals surface area contributed by atoms with Crippen LogP contribution in [0.5, 0.6) is 0 Å². The number of nitro benzene ring substituents is 1. The molecule has 92 valence electrons. The van der Waals surface area contributed by atoms with Gasteiger partial charge in [0.05, 0.1) is 4.92 Å². The summed E-state index contributed by atoms with van der Waals surface area (Å²) in [6.45, 7) is 2.36. The van der Waals surface area contributed by atoms with Gasteiger partial charge in [0.15, 0.2) is 0 Å². The van der Waals surface area contributed by atoms with Gasteiger partial charge in [-0.3, -0.25) is 10.1 Å². The number of hydrogen-bond acceptors (Lipinski definition) is 5. The molecule has 0 amide bonds. The van der Waals surface area contributed by atoms with Crippen LogP contribution in [0, 0.1) is 17.0 Å². The average molecular weight is 244 g/mol. The first-order valence-corrected chi connectivity index (χ1v) is 5.41. The largest absolute Gasteiger partial charge is 0.350 e. The number of nitro groups is 1. The van der Waals surface area contributed by atoms with Crippen LogP contribution in [0.1, 0.15) is 11.1 Å². The van der Waals surface area contributed by atoms with Crippen LogP contribution in [0.25, 0.3) is 0 Å². The van der Waals surface area contributed by atoms with E-state index in [0.29, 0.717) is 12.5 Å². The maximum Gasteiger partial charge on any atom is 0.269 e. The molecule has 0 bridgehead atoms. The van der Waals surface area contributed by atoms with Gasteiger partial charge in [0.2, 0.25) is 5.95 Å². The van der Waals surface area contributed by atoms with Crippen molar-refractivity contribution in [1.29, 1.82) is 0 Å². The highest BCUT2D eigenvalue weighted by atomic mass is 16.6. The maximum atomic E-state index is 10.6. The third-order valence-electron chi connectivity index (χ3n) is 2.35. The molecule has 1 aromatic carbocycles. The Morgan fingerprint density at radius 2 is 2.06 bits per heavy atom. The SMILES string of the molecule is Cc1cnc(NCc2cccc([N+](=O)[O-])c2)nc1. The summed E-state index contributed by atoms with van der Waals surface area (Å²) in [7, 11) is 0. The lowest BCUT2D eigenvalue weighted by Gasteiger charge is -2.04. The lowest BCUT2D eigenvalue weighted by Crippen LogP contribution is -2.03. The fraction of sp³-hybridized carbons (Fsp3) is 0.167. The first-order chi connectivity index (χ1) is 8.65. The minimum Gasteiger partial charge on any atom is -0.350 e. The second-order valence-corrected chi connectivity index (χ2v) is 3.86. The molecule has 1 aromatic heterocycles. The molecule has 2 aromatic rings. The molecule has 2 rings (SSSR count). The Balaban J connectivity index is 2.04. The van der Waals surface area contributed by atoms with Gasteiger partial charge in [0, 0.05) is 31.1 Å². The van der Waals surface area contributed by atoms with E-state index in [1.54, 1.807) is 18.5 Å². The molecule has 0 saturated carbocycles.